The van der Waals surface area contributed by atoms with Gasteiger partial charge in [-0.25, -0.2) is 0 Å². The molecule has 4 rings (SSSR count). The third kappa shape index (κ3) is 3.41. The summed E-state index contributed by atoms with van der Waals surface area (Å²) < 4.78 is 10.3. The number of likely N-dealkylation sites (tertiary alicyclic amines) is 1. The van der Waals surface area contributed by atoms with Crippen molar-refractivity contribution in [3.8, 4) is 11.4 Å². The molecular formula is C16H16N6O3. The molecule has 1 aliphatic heterocycles. The summed E-state index contributed by atoms with van der Waals surface area (Å²) in [6, 6.07) is 5.38. The van der Waals surface area contributed by atoms with E-state index in [1.807, 2.05) is 17.0 Å². The van der Waals surface area contributed by atoms with E-state index in [1.54, 1.807) is 25.4 Å². The molecule has 0 atom stereocenters. The maximum atomic E-state index is 12.0. The quantitative estimate of drug-likeness (QED) is 0.743. The molecule has 3 aromatic rings. The van der Waals surface area contributed by atoms with E-state index in [-0.39, 0.29) is 18.4 Å². The zero-order valence-corrected chi connectivity index (χ0v) is 13.5. The second kappa shape index (κ2) is 6.44. The van der Waals surface area contributed by atoms with E-state index in [0.29, 0.717) is 36.4 Å². The van der Waals surface area contributed by atoms with E-state index in [1.165, 1.54) is 0 Å². The van der Waals surface area contributed by atoms with Gasteiger partial charge in [-0.15, -0.1) is 0 Å². The molecule has 0 bridgehead atoms. The number of carbonyl (C=O) groups excluding carboxylic acids is 1. The minimum absolute atomic E-state index is 0.131. The van der Waals surface area contributed by atoms with E-state index in [0.717, 1.165) is 5.56 Å². The van der Waals surface area contributed by atoms with Crippen LogP contribution < -0.4 is 5.32 Å². The Bertz CT molecular complexity index is 869. The number of anilines is 1. The van der Waals surface area contributed by atoms with Crippen molar-refractivity contribution in [2.45, 2.75) is 12.8 Å². The van der Waals surface area contributed by atoms with E-state index in [2.05, 4.69) is 25.6 Å². The van der Waals surface area contributed by atoms with Crippen molar-refractivity contribution in [3.05, 3.63) is 42.2 Å². The van der Waals surface area contributed by atoms with Gasteiger partial charge in [0.25, 0.3) is 0 Å². The predicted octanol–water partition coefficient (Wildman–Crippen LogP) is 1.47. The standard InChI is InChI=1S/C16H16N6O3/c1-10-5-13(20-24-10)18-14(23)9-22-7-12(8-22)16-19-15(21-25-16)11-3-2-4-17-6-11/h2-6,12H,7-9H2,1H3,(H,18,20,23). The van der Waals surface area contributed by atoms with Gasteiger partial charge in [0.2, 0.25) is 17.6 Å². The maximum Gasteiger partial charge on any atom is 0.239 e. The molecule has 1 saturated heterocycles. The molecule has 25 heavy (non-hydrogen) atoms. The molecule has 9 nitrogen and oxygen atoms in total. The molecule has 0 unspecified atom stereocenters. The average Bonchev–Trinajstić information content (AvgIpc) is 3.21. The number of hydrogen-bond acceptors (Lipinski definition) is 8. The molecule has 0 aromatic carbocycles. The highest BCUT2D eigenvalue weighted by atomic mass is 16.5. The van der Waals surface area contributed by atoms with E-state index in [4.69, 9.17) is 9.05 Å². The predicted molar refractivity (Wildman–Crippen MR) is 86.6 cm³/mol. The lowest BCUT2D eigenvalue weighted by molar-refractivity contribution is -0.118. The Labute approximate surface area is 143 Å². The van der Waals surface area contributed by atoms with Gasteiger partial charge in [0.15, 0.2) is 5.82 Å². The highest BCUT2D eigenvalue weighted by molar-refractivity contribution is 5.91. The molecule has 3 aromatic heterocycles. The molecule has 9 heteroatoms. The van der Waals surface area contributed by atoms with Gasteiger partial charge in [-0.3, -0.25) is 14.7 Å². The Morgan fingerprint density at radius 2 is 2.24 bits per heavy atom. The summed E-state index contributed by atoms with van der Waals surface area (Å²) >= 11 is 0. The van der Waals surface area contributed by atoms with E-state index in [9.17, 15) is 4.79 Å². The van der Waals surface area contributed by atoms with Crippen molar-refractivity contribution in [1.82, 2.24) is 25.2 Å². The lowest BCUT2D eigenvalue weighted by Crippen LogP contribution is -2.48. The molecule has 0 saturated carbocycles. The van der Waals surface area contributed by atoms with Crippen LogP contribution in [0.3, 0.4) is 0 Å². The van der Waals surface area contributed by atoms with Crippen LogP contribution in [-0.2, 0) is 4.79 Å². The van der Waals surface area contributed by atoms with Crippen LogP contribution in [0.1, 0.15) is 17.6 Å². The van der Waals surface area contributed by atoms with Crippen molar-refractivity contribution in [2.75, 3.05) is 25.0 Å². The van der Waals surface area contributed by atoms with Crippen molar-refractivity contribution < 1.29 is 13.8 Å². The summed E-state index contributed by atoms with van der Waals surface area (Å²) in [7, 11) is 0. The zero-order chi connectivity index (χ0) is 17.2. The second-order valence-corrected chi connectivity index (χ2v) is 5.96. The van der Waals surface area contributed by atoms with Crippen LogP contribution in [0, 0.1) is 6.92 Å². The Kier molecular flexibility index (Phi) is 3.98. The first-order valence-electron chi connectivity index (χ1n) is 7.87. The summed E-state index contributed by atoms with van der Waals surface area (Å²) in [6.45, 7) is 3.44. The number of nitrogens with zero attached hydrogens (tertiary/aromatic N) is 5. The van der Waals surface area contributed by atoms with Crippen molar-refractivity contribution in [2.24, 2.45) is 0 Å². The first-order chi connectivity index (χ1) is 12.2. The minimum Gasteiger partial charge on any atom is -0.360 e. The Morgan fingerprint density at radius 3 is 2.96 bits per heavy atom. The lowest BCUT2D eigenvalue weighted by atomic mass is 10.0. The molecule has 4 heterocycles. The van der Waals surface area contributed by atoms with Crippen LogP contribution in [0.15, 0.2) is 39.6 Å². The van der Waals surface area contributed by atoms with Crippen LogP contribution in [-0.4, -0.2) is 50.7 Å². The fraction of sp³-hybridized carbons (Fsp3) is 0.312. The van der Waals surface area contributed by atoms with Gasteiger partial charge in [-0.2, -0.15) is 4.98 Å². The summed E-state index contributed by atoms with van der Waals surface area (Å²) in [4.78, 5) is 22.4. The summed E-state index contributed by atoms with van der Waals surface area (Å²) in [5.74, 6) is 2.20. The normalized spacial score (nSPS) is 15.1. The van der Waals surface area contributed by atoms with E-state index >= 15 is 0 Å². The fourth-order valence-electron chi connectivity index (χ4n) is 2.68. The van der Waals surface area contributed by atoms with Gasteiger partial charge in [-0.05, 0) is 19.1 Å². The largest absolute Gasteiger partial charge is 0.360 e. The van der Waals surface area contributed by atoms with Crippen molar-refractivity contribution >= 4 is 11.7 Å². The molecule has 1 N–H and O–H groups in total. The molecule has 128 valence electrons. The zero-order valence-electron chi connectivity index (χ0n) is 13.5. The number of hydrogen-bond donors (Lipinski definition) is 1. The number of amides is 1. The number of nitrogens with one attached hydrogen (secondary N) is 1. The average molecular weight is 340 g/mol. The molecule has 1 aliphatic rings. The smallest absolute Gasteiger partial charge is 0.239 e. The molecular weight excluding hydrogens is 324 g/mol. The molecule has 0 spiro atoms. The Hall–Kier alpha value is -3.07. The number of rotatable bonds is 5. The Morgan fingerprint density at radius 1 is 1.36 bits per heavy atom. The van der Waals surface area contributed by atoms with Gasteiger partial charge in [0.05, 0.1) is 12.5 Å². The highest BCUT2D eigenvalue weighted by Crippen LogP contribution is 2.27. The molecule has 1 amide bonds. The van der Waals surface area contributed by atoms with Crippen molar-refractivity contribution in [3.63, 3.8) is 0 Å². The van der Waals surface area contributed by atoms with Crippen LogP contribution in [0.25, 0.3) is 11.4 Å². The molecule has 0 aliphatic carbocycles. The third-order valence-electron chi connectivity index (χ3n) is 3.93. The third-order valence-corrected chi connectivity index (χ3v) is 3.93. The van der Waals surface area contributed by atoms with E-state index < -0.39 is 0 Å². The van der Waals surface area contributed by atoms with Gasteiger partial charge in [0, 0.05) is 37.1 Å². The number of pyridine rings is 1. The highest BCUT2D eigenvalue weighted by Gasteiger charge is 2.33. The number of aromatic nitrogens is 4. The van der Waals surface area contributed by atoms with Crippen LogP contribution in [0.2, 0.25) is 0 Å². The summed E-state index contributed by atoms with van der Waals surface area (Å²) in [5, 5.41) is 10.4. The first kappa shape index (κ1) is 15.5. The van der Waals surface area contributed by atoms with Crippen LogP contribution in [0.5, 0.6) is 0 Å². The molecule has 0 radical (unpaired) electrons. The van der Waals surface area contributed by atoms with Crippen molar-refractivity contribution in [1.29, 1.82) is 0 Å². The maximum absolute atomic E-state index is 12.0. The lowest BCUT2D eigenvalue weighted by Gasteiger charge is -2.36. The van der Waals surface area contributed by atoms with Gasteiger partial charge in [-0.1, -0.05) is 10.3 Å². The second-order valence-electron chi connectivity index (χ2n) is 5.96. The van der Waals surface area contributed by atoms with Crippen LogP contribution >= 0.6 is 0 Å². The number of aryl methyl sites for hydroxylation is 1. The monoisotopic (exact) mass is 340 g/mol. The van der Waals surface area contributed by atoms with Gasteiger partial charge >= 0.3 is 0 Å². The fourth-order valence-corrected chi connectivity index (χ4v) is 2.68. The first-order valence-corrected chi connectivity index (χ1v) is 7.87. The summed E-state index contributed by atoms with van der Waals surface area (Å²) in [6.07, 6.45) is 3.39. The Balaban J connectivity index is 1.29. The summed E-state index contributed by atoms with van der Waals surface area (Å²) in [5.41, 5.74) is 0.816. The SMILES string of the molecule is Cc1cc(NC(=O)CN2CC(c3nc(-c4cccnc4)no3)C2)no1. The van der Waals surface area contributed by atoms with Crippen LogP contribution in [0.4, 0.5) is 5.82 Å². The number of carbonyl (C=O) groups is 1. The topological polar surface area (TPSA) is 110 Å². The van der Waals surface area contributed by atoms with Gasteiger partial charge < -0.3 is 14.4 Å². The minimum atomic E-state index is -0.131. The molecule has 1 fully saturated rings. The van der Waals surface area contributed by atoms with Gasteiger partial charge in [0.1, 0.15) is 5.76 Å².